The van der Waals surface area contributed by atoms with Crippen molar-refractivity contribution in [3.63, 3.8) is 0 Å². The smallest absolute Gasteiger partial charge is 0.153 e. The number of fused-ring (bicyclic) bond motifs is 1. The van der Waals surface area contributed by atoms with E-state index in [-0.39, 0.29) is 5.92 Å². The molecule has 3 fully saturated rings. The van der Waals surface area contributed by atoms with E-state index in [0.717, 1.165) is 11.5 Å². The Morgan fingerprint density at radius 3 is 2.31 bits per heavy atom. The van der Waals surface area contributed by atoms with E-state index in [2.05, 4.69) is 4.90 Å². The van der Waals surface area contributed by atoms with Gasteiger partial charge < -0.3 is 10.2 Å². The molecule has 16 heavy (non-hydrogen) atoms. The molecule has 2 heterocycles. The van der Waals surface area contributed by atoms with Gasteiger partial charge in [0.25, 0.3) is 0 Å². The summed E-state index contributed by atoms with van der Waals surface area (Å²) < 4.78 is 0. The van der Waals surface area contributed by atoms with Crippen molar-refractivity contribution >= 4 is 0 Å². The molecule has 2 saturated heterocycles. The van der Waals surface area contributed by atoms with Gasteiger partial charge in [-0.2, -0.15) is 0 Å². The van der Waals surface area contributed by atoms with Gasteiger partial charge in [-0.15, -0.1) is 0 Å². The number of aliphatic hydroxyl groups is 2. The summed E-state index contributed by atoms with van der Waals surface area (Å²) >= 11 is 0. The lowest BCUT2D eigenvalue weighted by atomic mass is 10.0. The van der Waals surface area contributed by atoms with Gasteiger partial charge in [0.15, 0.2) is 6.29 Å². The van der Waals surface area contributed by atoms with Gasteiger partial charge in [0, 0.05) is 18.5 Å². The highest BCUT2D eigenvalue weighted by Crippen LogP contribution is 2.56. The maximum atomic E-state index is 8.19. The second kappa shape index (κ2) is 4.63. The molecule has 0 aromatic rings. The Morgan fingerprint density at radius 2 is 1.88 bits per heavy atom. The van der Waals surface area contributed by atoms with Crippen LogP contribution < -0.4 is 0 Å². The van der Waals surface area contributed by atoms with Crippen LogP contribution in [0.25, 0.3) is 0 Å². The first-order valence-corrected chi connectivity index (χ1v) is 6.63. The lowest BCUT2D eigenvalue weighted by molar-refractivity contribution is -0.0731. The molecule has 2 N–H and O–H groups in total. The first kappa shape index (κ1) is 12.3. The van der Waals surface area contributed by atoms with Gasteiger partial charge in [0.2, 0.25) is 0 Å². The first-order valence-electron chi connectivity index (χ1n) is 6.63. The van der Waals surface area contributed by atoms with Crippen LogP contribution >= 0.6 is 0 Å². The number of rotatable bonds is 1. The summed E-state index contributed by atoms with van der Waals surface area (Å²) in [4.78, 5) is 2.73. The van der Waals surface area contributed by atoms with E-state index in [0.29, 0.717) is 0 Å². The summed E-state index contributed by atoms with van der Waals surface area (Å²) in [6, 6.07) is 1.02. The molecule has 1 atom stereocenters. The quantitative estimate of drug-likeness (QED) is 0.669. The lowest BCUT2D eigenvalue weighted by Crippen LogP contribution is -2.22. The molecule has 0 aromatic carbocycles. The summed E-state index contributed by atoms with van der Waals surface area (Å²) in [5.41, 5.74) is 0.866. The second-order valence-electron chi connectivity index (χ2n) is 6.13. The van der Waals surface area contributed by atoms with Gasteiger partial charge in [0.1, 0.15) is 0 Å². The summed E-state index contributed by atoms with van der Waals surface area (Å²) in [6.07, 6.45) is 6.46. The zero-order valence-electron chi connectivity index (χ0n) is 10.5. The Balaban J connectivity index is 0.000000142. The Kier molecular flexibility index (Phi) is 3.57. The fourth-order valence-electron chi connectivity index (χ4n) is 2.87. The van der Waals surface area contributed by atoms with Gasteiger partial charge in [-0.1, -0.05) is 13.8 Å². The van der Waals surface area contributed by atoms with Gasteiger partial charge in [-0.05, 0) is 44.1 Å². The van der Waals surface area contributed by atoms with Crippen molar-refractivity contribution in [2.75, 3.05) is 13.1 Å². The topological polar surface area (TPSA) is 43.7 Å². The number of aliphatic hydroxyl groups excluding tert-OH is 1. The Labute approximate surface area is 98.5 Å². The van der Waals surface area contributed by atoms with Crippen molar-refractivity contribution in [3.05, 3.63) is 0 Å². The third-order valence-electron chi connectivity index (χ3n) is 4.26. The van der Waals surface area contributed by atoms with Crippen LogP contribution in [0.15, 0.2) is 0 Å². The molecule has 94 valence electrons. The van der Waals surface area contributed by atoms with Crippen molar-refractivity contribution in [2.24, 2.45) is 11.3 Å². The molecule has 3 aliphatic rings. The molecule has 1 unspecified atom stereocenters. The molecule has 3 nitrogen and oxygen atoms in total. The third kappa shape index (κ3) is 2.76. The highest BCUT2D eigenvalue weighted by atomic mass is 16.5. The van der Waals surface area contributed by atoms with Crippen LogP contribution in [-0.2, 0) is 0 Å². The van der Waals surface area contributed by atoms with Crippen molar-refractivity contribution in [1.82, 2.24) is 4.90 Å². The van der Waals surface area contributed by atoms with Crippen molar-refractivity contribution in [2.45, 2.75) is 58.3 Å². The molecule has 1 spiro atoms. The van der Waals surface area contributed by atoms with E-state index in [9.17, 15) is 0 Å². The number of hydrogen-bond donors (Lipinski definition) is 2. The molecular weight excluding hydrogens is 202 g/mol. The summed E-state index contributed by atoms with van der Waals surface area (Å²) in [5.74, 6) is -0.0370. The van der Waals surface area contributed by atoms with Crippen LogP contribution in [0.4, 0.5) is 0 Å². The second-order valence-corrected chi connectivity index (χ2v) is 6.13. The molecule has 1 aliphatic carbocycles. The molecule has 0 radical (unpaired) electrons. The largest absolute Gasteiger partial charge is 0.368 e. The zero-order chi connectivity index (χ0) is 11.8. The molecular formula is C13H25NO2. The van der Waals surface area contributed by atoms with Crippen molar-refractivity contribution < 1.29 is 10.2 Å². The summed E-state index contributed by atoms with van der Waals surface area (Å²) in [6.45, 7) is 6.35. The predicted molar refractivity (Wildman–Crippen MR) is 63.9 cm³/mol. The molecule has 0 aromatic heterocycles. The van der Waals surface area contributed by atoms with E-state index < -0.39 is 6.29 Å². The normalized spacial score (nSPS) is 30.8. The van der Waals surface area contributed by atoms with Crippen molar-refractivity contribution in [3.8, 4) is 0 Å². The highest BCUT2D eigenvalue weighted by Gasteiger charge is 2.52. The van der Waals surface area contributed by atoms with Crippen LogP contribution in [-0.4, -0.2) is 40.5 Å². The van der Waals surface area contributed by atoms with E-state index in [4.69, 9.17) is 10.2 Å². The van der Waals surface area contributed by atoms with E-state index in [1.165, 1.54) is 25.9 Å². The van der Waals surface area contributed by atoms with Gasteiger partial charge in [-0.3, -0.25) is 4.90 Å². The molecule has 0 amide bonds. The molecule has 2 aliphatic heterocycles. The Bertz CT molecular complexity index is 216. The predicted octanol–water partition coefficient (Wildman–Crippen LogP) is 1.59. The fourth-order valence-corrected chi connectivity index (χ4v) is 2.87. The minimum absolute atomic E-state index is 0.0370. The lowest BCUT2D eigenvalue weighted by Gasteiger charge is -2.12. The molecule has 0 bridgehead atoms. The maximum Gasteiger partial charge on any atom is 0.153 e. The van der Waals surface area contributed by atoms with Gasteiger partial charge in [-0.25, -0.2) is 0 Å². The van der Waals surface area contributed by atoms with Gasteiger partial charge in [0.05, 0.1) is 0 Å². The molecule has 3 heteroatoms. The van der Waals surface area contributed by atoms with Crippen LogP contribution in [0.2, 0.25) is 0 Å². The summed E-state index contributed by atoms with van der Waals surface area (Å²) in [5, 5.41) is 16.4. The average molecular weight is 227 g/mol. The van der Waals surface area contributed by atoms with E-state index >= 15 is 0 Å². The van der Waals surface area contributed by atoms with Crippen molar-refractivity contribution in [1.29, 1.82) is 0 Å². The first-order chi connectivity index (χ1) is 7.52. The van der Waals surface area contributed by atoms with E-state index in [1.54, 1.807) is 33.1 Å². The SMILES string of the molecule is C1CC2CC3(CC3)CN2C1.CC(C)C(O)O. The number of hydrogen-bond acceptors (Lipinski definition) is 3. The van der Waals surface area contributed by atoms with Gasteiger partial charge >= 0.3 is 0 Å². The minimum Gasteiger partial charge on any atom is -0.368 e. The summed E-state index contributed by atoms with van der Waals surface area (Å²) in [7, 11) is 0. The zero-order valence-corrected chi connectivity index (χ0v) is 10.5. The number of nitrogens with zero attached hydrogens (tertiary/aromatic N) is 1. The Hall–Kier alpha value is -0.120. The average Bonchev–Trinajstić information content (AvgIpc) is 2.63. The third-order valence-corrected chi connectivity index (χ3v) is 4.26. The van der Waals surface area contributed by atoms with Crippen LogP contribution in [0.5, 0.6) is 0 Å². The van der Waals surface area contributed by atoms with Crippen LogP contribution in [0.3, 0.4) is 0 Å². The van der Waals surface area contributed by atoms with Crippen LogP contribution in [0.1, 0.15) is 46.0 Å². The van der Waals surface area contributed by atoms with E-state index in [1.807, 2.05) is 0 Å². The Morgan fingerprint density at radius 1 is 1.25 bits per heavy atom. The fraction of sp³-hybridized carbons (Fsp3) is 1.00. The maximum absolute atomic E-state index is 8.19. The van der Waals surface area contributed by atoms with Crippen LogP contribution in [0, 0.1) is 11.3 Å². The molecule has 3 rings (SSSR count). The minimum atomic E-state index is -1.15. The molecule has 1 saturated carbocycles. The monoisotopic (exact) mass is 227 g/mol. The standard InChI is InChI=1S/C9H15N.C4H10O2/c1-2-8-6-9(3-4-9)7-10(8)5-1;1-3(2)4(5)6/h8H,1-7H2;3-6H,1-2H3. The highest BCUT2D eigenvalue weighted by molar-refractivity contribution is 5.05.